The van der Waals surface area contributed by atoms with E-state index in [9.17, 15) is 4.79 Å². The van der Waals surface area contributed by atoms with E-state index in [1.807, 2.05) is 0 Å². The summed E-state index contributed by atoms with van der Waals surface area (Å²) in [7, 11) is 0. The Morgan fingerprint density at radius 2 is 2.10 bits per heavy atom. The van der Waals surface area contributed by atoms with Crippen LogP contribution in [0, 0.1) is 0 Å². The van der Waals surface area contributed by atoms with E-state index < -0.39 is 0 Å². The molecule has 4 nitrogen and oxygen atoms in total. The Balaban J connectivity index is 2.26. The summed E-state index contributed by atoms with van der Waals surface area (Å²) in [5, 5.41) is 3.87. The van der Waals surface area contributed by atoms with Crippen LogP contribution >= 0.6 is 11.6 Å². The van der Waals surface area contributed by atoms with Crippen molar-refractivity contribution in [3.05, 3.63) is 22.7 Å². The number of carbonyl (C=O) groups is 1. The van der Waals surface area contributed by atoms with Crippen molar-refractivity contribution in [3.8, 4) is 0 Å². The molecular formula is C15H21ClN2O2. The molecular weight excluding hydrogens is 276 g/mol. The van der Waals surface area contributed by atoms with Gasteiger partial charge in [0.15, 0.2) is 0 Å². The summed E-state index contributed by atoms with van der Waals surface area (Å²) in [6, 6.07) is 3.64. The van der Waals surface area contributed by atoms with Crippen LogP contribution in [0.2, 0.25) is 5.02 Å². The van der Waals surface area contributed by atoms with Crippen molar-refractivity contribution >= 4 is 28.9 Å². The highest BCUT2D eigenvalue weighted by atomic mass is 35.5. The lowest BCUT2D eigenvalue weighted by molar-refractivity contribution is 0.0527. The molecule has 20 heavy (non-hydrogen) atoms. The molecule has 1 aliphatic carbocycles. The van der Waals surface area contributed by atoms with Crippen molar-refractivity contribution in [1.29, 1.82) is 0 Å². The number of esters is 1. The molecule has 0 atom stereocenters. The molecule has 110 valence electrons. The molecule has 0 spiro atoms. The third-order valence-corrected chi connectivity index (χ3v) is 3.86. The average molecular weight is 297 g/mol. The Morgan fingerprint density at radius 1 is 1.40 bits per heavy atom. The lowest BCUT2D eigenvalue weighted by Gasteiger charge is -2.25. The number of hydrogen-bond acceptors (Lipinski definition) is 4. The molecule has 1 fully saturated rings. The largest absolute Gasteiger partial charge is 0.462 e. The SMILES string of the molecule is CCOC(=O)c1cc(N)cc(Cl)c1NC1CCCCC1. The smallest absolute Gasteiger partial charge is 0.340 e. The zero-order valence-electron chi connectivity index (χ0n) is 11.7. The van der Waals surface area contributed by atoms with Gasteiger partial charge in [0.2, 0.25) is 0 Å². The summed E-state index contributed by atoms with van der Waals surface area (Å²) in [5.74, 6) is -0.389. The summed E-state index contributed by atoms with van der Waals surface area (Å²) in [6.07, 6.45) is 5.89. The van der Waals surface area contributed by atoms with Crippen molar-refractivity contribution in [2.45, 2.75) is 45.1 Å². The Labute approximate surface area is 124 Å². The number of carbonyl (C=O) groups excluding carboxylic acids is 1. The number of anilines is 2. The molecule has 0 radical (unpaired) electrons. The lowest BCUT2D eigenvalue weighted by atomic mass is 9.95. The van der Waals surface area contributed by atoms with Crippen LogP contribution in [-0.2, 0) is 4.74 Å². The lowest BCUT2D eigenvalue weighted by Crippen LogP contribution is -2.24. The third-order valence-electron chi connectivity index (χ3n) is 3.56. The van der Waals surface area contributed by atoms with Gasteiger partial charge in [-0.1, -0.05) is 30.9 Å². The number of nitrogens with one attached hydrogen (secondary N) is 1. The monoisotopic (exact) mass is 296 g/mol. The van der Waals surface area contributed by atoms with Crippen LogP contribution in [0.4, 0.5) is 11.4 Å². The molecule has 0 aromatic heterocycles. The van der Waals surface area contributed by atoms with Crippen LogP contribution in [0.3, 0.4) is 0 Å². The Morgan fingerprint density at radius 3 is 2.75 bits per heavy atom. The fourth-order valence-electron chi connectivity index (χ4n) is 2.60. The summed E-state index contributed by atoms with van der Waals surface area (Å²) < 4.78 is 5.07. The number of nitrogens with two attached hydrogens (primary N) is 1. The van der Waals surface area contributed by atoms with Crippen molar-refractivity contribution in [1.82, 2.24) is 0 Å². The normalized spacial score (nSPS) is 15.9. The maximum atomic E-state index is 12.0. The van der Waals surface area contributed by atoms with Crippen LogP contribution in [0.1, 0.15) is 49.4 Å². The number of hydrogen-bond donors (Lipinski definition) is 2. The molecule has 1 saturated carbocycles. The first kappa shape index (κ1) is 15.0. The van der Waals surface area contributed by atoms with Crippen LogP contribution in [0.15, 0.2) is 12.1 Å². The van der Waals surface area contributed by atoms with E-state index in [1.165, 1.54) is 19.3 Å². The van der Waals surface area contributed by atoms with Gasteiger partial charge in [-0.2, -0.15) is 0 Å². The first-order chi connectivity index (χ1) is 9.61. The number of rotatable bonds is 4. The molecule has 0 heterocycles. The summed E-state index contributed by atoms with van der Waals surface area (Å²) in [6.45, 7) is 2.11. The quantitative estimate of drug-likeness (QED) is 0.654. The minimum Gasteiger partial charge on any atom is -0.462 e. The highest BCUT2D eigenvalue weighted by Crippen LogP contribution is 2.32. The van der Waals surface area contributed by atoms with Gasteiger partial charge in [0.1, 0.15) is 0 Å². The molecule has 2 rings (SSSR count). The van der Waals surface area contributed by atoms with E-state index in [0.717, 1.165) is 12.8 Å². The first-order valence-corrected chi connectivity index (χ1v) is 7.52. The van der Waals surface area contributed by atoms with Crippen molar-refractivity contribution in [2.24, 2.45) is 0 Å². The van der Waals surface area contributed by atoms with E-state index >= 15 is 0 Å². The molecule has 5 heteroatoms. The van der Waals surface area contributed by atoms with Crippen LogP contribution in [0.25, 0.3) is 0 Å². The van der Waals surface area contributed by atoms with Gasteiger partial charge >= 0.3 is 5.97 Å². The van der Waals surface area contributed by atoms with E-state index in [-0.39, 0.29) is 5.97 Å². The van der Waals surface area contributed by atoms with E-state index in [0.29, 0.717) is 34.6 Å². The highest BCUT2D eigenvalue weighted by molar-refractivity contribution is 6.34. The first-order valence-electron chi connectivity index (χ1n) is 7.14. The van der Waals surface area contributed by atoms with Gasteiger partial charge in [-0.05, 0) is 31.9 Å². The Hall–Kier alpha value is -1.42. The predicted octanol–water partition coefficient (Wildman–Crippen LogP) is 3.84. The molecule has 1 aliphatic rings. The van der Waals surface area contributed by atoms with E-state index in [4.69, 9.17) is 22.1 Å². The van der Waals surface area contributed by atoms with Crippen molar-refractivity contribution < 1.29 is 9.53 Å². The Kier molecular flexibility index (Phi) is 5.12. The standard InChI is InChI=1S/C15H21ClN2O2/c1-2-20-15(19)12-8-10(17)9-13(16)14(12)18-11-6-4-3-5-7-11/h8-9,11,18H,2-7,17H2,1H3. The van der Waals surface area contributed by atoms with Crippen LogP contribution < -0.4 is 11.1 Å². The Bertz CT molecular complexity index is 485. The van der Waals surface area contributed by atoms with Gasteiger partial charge in [-0.25, -0.2) is 4.79 Å². The maximum absolute atomic E-state index is 12.0. The predicted molar refractivity (Wildman–Crippen MR) is 82.3 cm³/mol. The molecule has 0 aliphatic heterocycles. The molecule has 0 unspecified atom stereocenters. The van der Waals surface area contributed by atoms with Crippen LogP contribution in [-0.4, -0.2) is 18.6 Å². The van der Waals surface area contributed by atoms with Gasteiger partial charge < -0.3 is 15.8 Å². The topological polar surface area (TPSA) is 64.3 Å². The second kappa shape index (κ2) is 6.84. The van der Waals surface area contributed by atoms with Gasteiger partial charge in [0, 0.05) is 11.7 Å². The minimum atomic E-state index is -0.389. The van der Waals surface area contributed by atoms with Crippen LogP contribution in [0.5, 0.6) is 0 Å². The summed E-state index contributed by atoms with van der Waals surface area (Å²) in [4.78, 5) is 12.0. The number of halogens is 1. The molecule has 0 saturated heterocycles. The highest BCUT2D eigenvalue weighted by Gasteiger charge is 2.20. The minimum absolute atomic E-state index is 0.328. The summed E-state index contributed by atoms with van der Waals surface area (Å²) in [5.41, 5.74) is 7.30. The molecule has 1 aromatic carbocycles. The zero-order chi connectivity index (χ0) is 14.5. The number of benzene rings is 1. The van der Waals surface area contributed by atoms with Gasteiger partial charge in [0.05, 0.1) is 22.9 Å². The maximum Gasteiger partial charge on any atom is 0.340 e. The molecule has 1 aromatic rings. The summed E-state index contributed by atoms with van der Waals surface area (Å²) >= 11 is 6.25. The second-order valence-electron chi connectivity index (χ2n) is 5.13. The van der Waals surface area contributed by atoms with Gasteiger partial charge in [-0.3, -0.25) is 0 Å². The molecule has 0 bridgehead atoms. The van der Waals surface area contributed by atoms with Crippen molar-refractivity contribution in [3.63, 3.8) is 0 Å². The van der Waals surface area contributed by atoms with Gasteiger partial charge in [-0.15, -0.1) is 0 Å². The fourth-order valence-corrected chi connectivity index (χ4v) is 2.88. The van der Waals surface area contributed by atoms with Crippen molar-refractivity contribution in [2.75, 3.05) is 17.7 Å². The zero-order valence-corrected chi connectivity index (χ0v) is 12.5. The average Bonchev–Trinajstić information content (AvgIpc) is 2.43. The molecule has 3 N–H and O–H groups in total. The molecule has 0 amide bonds. The number of ether oxygens (including phenoxy) is 1. The number of nitrogen functional groups attached to an aromatic ring is 1. The van der Waals surface area contributed by atoms with Gasteiger partial charge in [0.25, 0.3) is 0 Å². The second-order valence-corrected chi connectivity index (χ2v) is 5.53. The van der Waals surface area contributed by atoms with E-state index in [2.05, 4.69) is 5.32 Å². The fraction of sp³-hybridized carbons (Fsp3) is 0.533. The third kappa shape index (κ3) is 3.57. The van der Waals surface area contributed by atoms with E-state index in [1.54, 1.807) is 19.1 Å².